The fourth-order valence-corrected chi connectivity index (χ4v) is 1.91. The van der Waals surface area contributed by atoms with Gasteiger partial charge in [0.25, 0.3) is 5.91 Å². The summed E-state index contributed by atoms with van der Waals surface area (Å²) in [5.41, 5.74) is 6.89. The quantitative estimate of drug-likeness (QED) is 0.737. The average molecular weight is 291 g/mol. The first-order valence-electron chi connectivity index (χ1n) is 7.20. The fourth-order valence-electron chi connectivity index (χ4n) is 1.91. The minimum absolute atomic E-state index is 0.0697. The largest absolute Gasteiger partial charge is 0.352 e. The Labute approximate surface area is 126 Å². The third kappa shape index (κ3) is 6.90. The van der Waals surface area contributed by atoms with Gasteiger partial charge in [-0.2, -0.15) is 0 Å². The van der Waals surface area contributed by atoms with Crippen molar-refractivity contribution in [3.05, 3.63) is 35.4 Å². The van der Waals surface area contributed by atoms with Crippen molar-refractivity contribution in [2.75, 3.05) is 13.1 Å². The van der Waals surface area contributed by atoms with Crippen molar-refractivity contribution in [2.24, 2.45) is 5.73 Å². The van der Waals surface area contributed by atoms with Crippen LogP contribution in [0.1, 0.15) is 43.1 Å². The molecule has 0 aliphatic rings. The van der Waals surface area contributed by atoms with Gasteiger partial charge in [-0.15, -0.1) is 0 Å². The van der Waals surface area contributed by atoms with Crippen molar-refractivity contribution in [3.8, 4) is 0 Å². The third-order valence-corrected chi connectivity index (χ3v) is 2.77. The van der Waals surface area contributed by atoms with Crippen LogP contribution in [-0.2, 0) is 11.2 Å². The minimum atomic E-state index is -0.252. The molecule has 0 saturated carbocycles. The number of nitrogens with two attached hydrogens (primary N) is 1. The van der Waals surface area contributed by atoms with E-state index < -0.39 is 0 Å². The second-order valence-electron chi connectivity index (χ2n) is 6.04. The molecule has 0 heterocycles. The van der Waals surface area contributed by atoms with Crippen molar-refractivity contribution >= 4 is 11.8 Å². The Hall–Kier alpha value is -1.88. The number of hydrogen-bond acceptors (Lipinski definition) is 3. The number of nitrogens with one attached hydrogen (secondary N) is 2. The van der Waals surface area contributed by atoms with Crippen molar-refractivity contribution in [3.63, 3.8) is 0 Å². The Morgan fingerprint density at radius 1 is 1.24 bits per heavy atom. The second-order valence-corrected chi connectivity index (χ2v) is 6.04. The lowest BCUT2D eigenvalue weighted by atomic mass is 10.1. The smallest absolute Gasteiger partial charge is 0.251 e. The monoisotopic (exact) mass is 291 g/mol. The second kappa shape index (κ2) is 7.78. The van der Waals surface area contributed by atoms with Gasteiger partial charge in [-0.3, -0.25) is 9.59 Å². The Kier molecular flexibility index (Phi) is 6.37. The maximum atomic E-state index is 12.0. The normalized spacial score (nSPS) is 11.0. The maximum absolute atomic E-state index is 12.0. The molecule has 0 aromatic heterocycles. The highest BCUT2D eigenvalue weighted by atomic mass is 16.2. The summed E-state index contributed by atoms with van der Waals surface area (Å²) < 4.78 is 0. The molecule has 116 valence electrons. The van der Waals surface area contributed by atoms with Gasteiger partial charge < -0.3 is 16.4 Å². The predicted octanol–water partition coefficient (Wildman–Crippen LogP) is 1.22. The van der Waals surface area contributed by atoms with Gasteiger partial charge in [-0.25, -0.2) is 0 Å². The minimum Gasteiger partial charge on any atom is -0.352 e. The number of benzene rings is 1. The molecule has 0 fully saturated rings. The van der Waals surface area contributed by atoms with Gasteiger partial charge in [0.05, 0.1) is 0 Å². The molecule has 5 nitrogen and oxygen atoms in total. The molecule has 0 aliphatic heterocycles. The standard InChI is InChI=1S/C16H25N3O2/c1-16(2,3)19-14(20)8-10-18-15(21)13-6-4-5-12(11-13)7-9-17/h4-6,11H,7-10,17H2,1-3H3,(H,18,21)(H,19,20). The molecule has 0 radical (unpaired) electrons. The molecule has 21 heavy (non-hydrogen) atoms. The van der Waals surface area contributed by atoms with Crippen molar-refractivity contribution in [1.29, 1.82) is 0 Å². The molecule has 0 bridgehead atoms. The zero-order valence-corrected chi connectivity index (χ0v) is 13.0. The summed E-state index contributed by atoms with van der Waals surface area (Å²) in [5.74, 6) is -0.239. The summed E-state index contributed by atoms with van der Waals surface area (Å²) in [6, 6.07) is 7.37. The highest BCUT2D eigenvalue weighted by Crippen LogP contribution is 2.05. The Bertz CT molecular complexity index is 493. The topological polar surface area (TPSA) is 84.2 Å². The zero-order chi connectivity index (χ0) is 15.9. The first-order valence-corrected chi connectivity index (χ1v) is 7.20. The van der Waals surface area contributed by atoms with Crippen LogP contribution >= 0.6 is 0 Å². The van der Waals surface area contributed by atoms with E-state index in [1.165, 1.54) is 0 Å². The maximum Gasteiger partial charge on any atom is 0.251 e. The molecule has 1 aromatic carbocycles. The SMILES string of the molecule is CC(C)(C)NC(=O)CCNC(=O)c1cccc(CCN)c1. The average Bonchev–Trinajstić information content (AvgIpc) is 2.37. The lowest BCUT2D eigenvalue weighted by Gasteiger charge is -2.20. The van der Waals surface area contributed by atoms with Crippen LogP contribution in [0.3, 0.4) is 0 Å². The molecule has 1 aromatic rings. The van der Waals surface area contributed by atoms with Gasteiger partial charge in [0.15, 0.2) is 0 Å². The van der Waals surface area contributed by atoms with Crippen LogP contribution in [0.15, 0.2) is 24.3 Å². The summed E-state index contributed by atoms with van der Waals surface area (Å²) in [5, 5.41) is 5.61. The van der Waals surface area contributed by atoms with Crippen LogP contribution in [0.25, 0.3) is 0 Å². The first kappa shape index (κ1) is 17.2. The molecule has 0 unspecified atom stereocenters. The highest BCUT2D eigenvalue weighted by molar-refractivity contribution is 5.94. The number of rotatable bonds is 6. The van der Waals surface area contributed by atoms with Crippen LogP contribution in [-0.4, -0.2) is 30.4 Å². The van der Waals surface area contributed by atoms with Crippen molar-refractivity contribution in [2.45, 2.75) is 39.2 Å². The molecule has 0 spiro atoms. The summed E-state index contributed by atoms with van der Waals surface area (Å²) in [6.07, 6.45) is 1.01. The van der Waals surface area contributed by atoms with E-state index in [1.807, 2.05) is 39.0 Å². The third-order valence-electron chi connectivity index (χ3n) is 2.77. The van der Waals surface area contributed by atoms with Crippen LogP contribution < -0.4 is 16.4 Å². The van der Waals surface area contributed by atoms with Gasteiger partial charge in [0.2, 0.25) is 5.91 Å². The first-order chi connectivity index (χ1) is 9.81. The van der Waals surface area contributed by atoms with E-state index in [2.05, 4.69) is 10.6 Å². The Morgan fingerprint density at radius 2 is 1.95 bits per heavy atom. The number of carbonyl (C=O) groups is 2. The van der Waals surface area contributed by atoms with E-state index >= 15 is 0 Å². The molecule has 5 heteroatoms. The van der Waals surface area contributed by atoms with E-state index in [4.69, 9.17) is 5.73 Å². The lowest BCUT2D eigenvalue weighted by Crippen LogP contribution is -2.42. The molecular formula is C16H25N3O2. The summed E-state index contributed by atoms with van der Waals surface area (Å²) in [7, 11) is 0. The van der Waals surface area contributed by atoms with Crippen LogP contribution in [0.5, 0.6) is 0 Å². The van der Waals surface area contributed by atoms with Gasteiger partial charge in [0, 0.05) is 24.1 Å². The molecule has 0 atom stereocenters. The van der Waals surface area contributed by atoms with Gasteiger partial charge >= 0.3 is 0 Å². The summed E-state index contributed by atoms with van der Waals surface area (Å²) in [6.45, 7) is 6.64. The fraction of sp³-hybridized carbons (Fsp3) is 0.500. The molecule has 1 rings (SSSR count). The van der Waals surface area contributed by atoms with Gasteiger partial charge in [-0.1, -0.05) is 12.1 Å². The number of hydrogen-bond donors (Lipinski definition) is 3. The van der Waals surface area contributed by atoms with Gasteiger partial charge in [-0.05, 0) is 51.4 Å². The van der Waals surface area contributed by atoms with E-state index in [-0.39, 0.29) is 23.8 Å². The van der Waals surface area contributed by atoms with E-state index in [0.717, 1.165) is 12.0 Å². The lowest BCUT2D eigenvalue weighted by molar-refractivity contribution is -0.122. The summed E-state index contributed by atoms with van der Waals surface area (Å²) in [4.78, 5) is 23.6. The van der Waals surface area contributed by atoms with Crippen LogP contribution in [0.4, 0.5) is 0 Å². The predicted molar refractivity (Wildman–Crippen MR) is 84.0 cm³/mol. The van der Waals surface area contributed by atoms with Crippen LogP contribution in [0, 0.1) is 0 Å². The number of amides is 2. The Balaban J connectivity index is 2.44. The van der Waals surface area contributed by atoms with E-state index in [0.29, 0.717) is 18.7 Å². The molecule has 0 aliphatic carbocycles. The molecular weight excluding hydrogens is 266 g/mol. The summed E-state index contributed by atoms with van der Waals surface area (Å²) >= 11 is 0. The van der Waals surface area contributed by atoms with E-state index in [9.17, 15) is 9.59 Å². The molecule has 0 saturated heterocycles. The van der Waals surface area contributed by atoms with Gasteiger partial charge in [0.1, 0.15) is 0 Å². The van der Waals surface area contributed by atoms with Crippen molar-refractivity contribution in [1.82, 2.24) is 10.6 Å². The molecule has 4 N–H and O–H groups in total. The van der Waals surface area contributed by atoms with Crippen LogP contribution in [0.2, 0.25) is 0 Å². The Morgan fingerprint density at radius 3 is 2.57 bits per heavy atom. The zero-order valence-electron chi connectivity index (χ0n) is 13.0. The molecule has 2 amide bonds. The van der Waals surface area contributed by atoms with E-state index in [1.54, 1.807) is 6.07 Å². The highest BCUT2D eigenvalue weighted by Gasteiger charge is 2.13. The number of carbonyl (C=O) groups excluding carboxylic acids is 2. The van der Waals surface area contributed by atoms with Crippen molar-refractivity contribution < 1.29 is 9.59 Å².